The molecule has 0 aliphatic rings. The van der Waals surface area contributed by atoms with Gasteiger partial charge in [-0.1, -0.05) is 68.4 Å². The molecule has 2 aromatic carbocycles. The molecule has 0 aliphatic heterocycles. The predicted octanol–water partition coefficient (Wildman–Crippen LogP) is 4.47. The van der Waals surface area contributed by atoms with Crippen molar-refractivity contribution in [1.29, 1.82) is 0 Å². The lowest BCUT2D eigenvalue weighted by Crippen LogP contribution is -2.44. The summed E-state index contributed by atoms with van der Waals surface area (Å²) in [6.07, 6.45) is -2.67. The minimum absolute atomic E-state index is 0.0976. The van der Waals surface area contributed by atoms with E-state index in [0.717, 1.165) is 16.7 Å². The van der Waals surface area contributed by atoms with Crippen molar-refractivity contribution in [2.75, 3.05) is 12.8 Å². The van der Waals surface area contributed by atoms with Gasteiger partial charge in [-0.05, 0) is 43.9 Å². The molecule has 5 unspecified atom stereocenters. The second kappa shape index (κ2) is 16.1. The second-order valence-electron chi connectivity index (χ2n) is 10.3. The van der Waals surface area contributed by atoms with Gasteiger partial charge in [0, 0.05) is 13.1 Å². The van der Waals surface area contributed by atoms with Crippen molar-refractivity contribution in [3.8, 4) is 11.1 Å². The van der Waals surface area contributed by atoms with E-state index in [4.69, 9.17) is 14.2 Å². The van der Waals surface area contributed by atoms with Crippen molar-refractivity contribution in [1.82, 2.24) is 10.6 Å². The fourth-order valence-electron chi connectivity index (χ4n) is 3.90. The number of hydrogen-bond acceptors (Lipinski definition) is 8. The third-order valence-electron chi connectivity index (χ3n) is 6.35. The molecule has 11 nitrogen and oxygen atoms in total. The summed E-state index contributed by atoms with van der Waals surface area (Å²) in [5, 5.41) is 4.86. The second-order valence-corrected chi connectivity index (χ2v) is 12.9. The highest BCUT2D eigenvalue weighted by atomic mass is 31.2. The highest BCUT2D eigenvalue weighted by Gasteiger charge is 2.36. The van der Waals surface area contributed by atoms with Crippen molar-refractivity contribution in [2.45, 2.75) is 66.1 Å². The summed E-state index contributed by atoms with van der Waals surface area (Å²) >= 11 is 0. The smallest absolute Gasteiger partial charge is 0.410 e. The predicted molar refractivity (Wildman–Crippen MR) is 157 cm³/mol. The van der Waals surface area contributed by atoms with E-state index >= 15 is 0 Å². The first-order valence-electron chi connectivity index (χ1n) is 13.8. The average molecular weight is 605 g/mol. The van der Waals surface area contributed by atoms with Gasteiger partial charge in [0.25, 0.3) is 0 Å². The molecule has 0 aliphatic carbocycles. The molecule has 0 bridgehead atoms. The van der Waals surface area contributed by atoms with Crippen molar-refractivity contribution >= 4 is 31.3 Å². The Kier molecular flexibility index (Phi) is 13.2. The summed E-state index contributed by atoms with van der Waals surface area (Å²) in [5.41, 5.74) is 2.72. The summed E-state index contributed by atoms with van der Waals surface area (Å²) in [4.78, 5) is 60.3. The SMILES string of the molecule is CCOC(=O)C(C)NC(=O)C(Cc1ccc(-c2ccccc2)cc1)CP(=O)(O)C(C)NC(=O)OC(C)OC(=O)C(C)C. The Bertz CT molecular complexity index is 1250. The Hall–Kier alpha value is -3.69. The lowest BCUT2D eigenvalue weighted by Gasteiger charge is -2.26. The van der Waals surface area contributed by atoms with Gasteiger partial charge in [-0.15, -0.1) is 0 Å². The van der Waals surface area contributed by atoms with Crippen LogP contribution in [-0.2, 0) is 39.6 Å². The zero-order chi connectivity index (χ0) is 31.4. The number of hydrogen-bond donors (Lipinski definition) is 3. The molecule has 230 valence electrons. The van der Waals surface area contributed by atoms with Crippen molar-refractivity contribution < 1.29 is 42.8 Å². The third kappa shape index (κ3) is 10.9. The summed E-state index contributed by atoms with van der Waals surface area (Å²) in [5.74, 6) is -4.56. The van der Waals surface area contributed by atoms with Gasteiger partial charge in [-0.3, -0.25) is 14.2 Å². The maximum atomic E-state index is 13.4. The van der Waals surface area contributed by atoms with Crippen LogP contribution in [0.25, 0.3) is 11.1 Å². The minimum atomic E-state index is -4.20. The fraction of sp³-hybridized carbons (Fsp3) is 0.467. The lowest BCUT2D eigenvalue weighted by molar-refractivity contribution is -0.168. The lowest BCUT2D eigenvalue weighted by atomic mass is 9.97. The number of rotatable bonds is 14. The molecule has 3 N–H and O–H groups in total. The van der Waals surface area contributed by atoms with Crippen LogP contribution < -0.4 is 10.6 Å². The molecule has 0 fully saturated rings. The van der Waals surface area contributed by atoms with Crippen molar-refractivity contribution in [3.63, 3.8) is 0 Å². The number of benzene rings is 2. The van der Waals surface area contributed by atoms with Gasteiger partial charge in [0.1, 0.15) is 11.8 Å². The van der Waals surface area contributed by atoms with Crippen LogP contribution in [0.1, 0.15) is 47.1 Å². The molecule has 2 aromatic rings. The molecular weight excluding hydrogens is 563 g/mol. The molecule has 2 rings (SSSR count). The van der Waals surface area contributed by atoms with E-state index < -0.39 is 67.4 Å². The molecule has 0 saturated carbocycles. The molecule has 0 radical (unpaired) electrons. The van der Waals surface area contributed by atoms with Gasteiger partial charge in [0.05, 0.1) is 18.4 Å². The van der Waals surface area contributed by atoms with Crippen LogP contribution in [0.3, 0.4) is 0 Å². The van der Waals surface area contributed by atoms with E-state index in [1.54, 1.807) is 20.8 Å². The highest BCUT2D eigenvalue weighted by Crippen LogP contribution is 2.47. The first-order valence-corrected chi connectivity index (χ1v) is 15.7. The molecule has 5 atom stereocenters. The summed E-state index contributed by atoms with van der Waals surface area (Å²) in [6.45, 7) is 9.15. The van der Waals surface area contributed by atoms with Gasteiger partial charge in [0.15, 0.2) is 0 Å². The van der Waals surface area contributed by atoms with Gasteiger partial charge >= 0.3 is 18.0 Å². The first-order chi connectivity index (χ1) is 19.7. The van der Waals surface area contributed by atoms with Crippen molar-refractivity contribution in [3.05, 3.63) is 60.2 Å². The third-order valence-corrected chi connectivity index (χ3v) is 8.66. The van der Waals surface area contributed by atoms with Crippen LogP contribution in [0.15, 0.2) is 54.6 Å². The number of esters is 2. The van der Waals surface area contributed by atoms with E-state index in [1.807, 2.05) is 54.6 Å². The van der Waals surface area contributed by atoms with Crippen molar-refractivity contribution in [2.24, 2.45) is 11.8 Å². The number of nitrogens with one attached hydrogen (secondary N) is 2. The molecule has 42 heavy (non-hydrogen) atoms. The maximum Gasteiger partial charge on any atom is 0.410 e. The molecule has 2 amide bonds. The Morgan fingerprint density at radius 2 is 1.43 bits per heavy atom. The largest absolute Gasteiger partial charge is 0.464 e. The number of ether oxygens (including phenoxy) is 3. The van der Waals surface area contributed by atoms with Crippen LogP contribution in [-0.4, -0.2) is 59.7 Å². The minimum Gasteiger partial charge on any atom is -0.464 e. The Morgan fingerprint density at radius 3 is 2.00 bits per heavy atom. The van der Waals surface area contributed by atoms with Crippen LogP contribution in [0.4, 0.5) is 4.79 Å². The zero-order valence-electron chi connectivity index (χ0n) is 24.9. The number of alkyl carbamates (subject to hydrolysis) is 1. The highest BCUT2D eigenvalue weighted by molar-refractivity contribution is 7.58. The van der Waals surface area contributed by atoms with E-state index in [9.17, 15) is 28.6 Å². The Morgan fingerprint density at radius 1 is 0.833 bits per heavy atom. The monoisotopic (exact) mass is 604 g/mol. The Balaban J connectivity index is 2.17. The normalized spacial score (nSPS) is 15.3. The van der Waals surface area contributed by atoms with Gasteiger partial charge < -0.3 is 29.7 Å². The number of carbonyl (C=O) groups excluding carboxylic acids is 4. The van der Waals surface area contributed by atoms with Crippen LogP contribution in [0, 0.1) is 11.8 Å². The van der Waals surface area contributed by atoms with E-state index in [0.29, 0.717) is 0 Å². The Labute approximate surface area is 246 Å². The molecule has 0 aromatic heterocycles. The van der Waals surface area contributed by atoms with Crippen LogP contribution in [0.5, 0.6) is 0 Å². The quantitative estimate of drug-likeness (QED) is 0.161. The average Bonchev–Trinajstić information content (AvgIpc) is 2.93. The number of amides is 2. The van der Waals surface area contributed by atoms with Crippen LogP contribution in [0.2, 0.25) is 0 Å². The summed E-state index contributed by atoms with van der Waals surface area (Å²) < 4.78 is 28.3. The van der Waals surface area contributed by atoms with Crippen LogP contribution >= 0.6 is 7.37 Å². The summed E-state index contributed by atoms with van der Waals surface area (Å²) in [7, 11) is -4.20. The van der Waals surface area contributed by atoms with E-state index in [-0.39, 0.29) is 13.0 Å². The van der Waals surface area contributed by atoms with Gasteiger partial charge in [0.2, 0.25) is 19.6 Å². The molecule has 0 heterocycles. The van der Waals surface area contributed by atoms with E-state index in [1.165, 1.54) is 20.8 Å². The molecular formula is C30H41N2O9P. The molecule has 0 saturated heterocycles. The maximum absolute atomic E-state index is 13.4. The standard InChI is InChI=1S/C30H41N2O9P/c1-7-39-29(35)20(4)31-27(33)26(17-23-13-15-25(16-14-23)24-11-9-8-10-12-24)18-42(37,38)21(5)32-30(36)41-22(6)40-28(34)19(2)3/h8-16,19-22,26H,7,17-18H2,1-6H3,(H,31,33)(H,32,36)(H,37,38). The van der Waals surface area contributed by atoms with Gasteiger partial charge in [-0.25, -0.2) is 9.59 Å². The molecule has 0 spiro atoms. The zero-order valence-corrected chi connectivity index (χ0v) is 25.8. The number of carbonyl (C=O) groups is 4. The summed E-state index contributed by atoms with van der Waals surface area (Å²) in [6, 6.07) is 16.2. The van der Waals surface area contributed by atoms with E-state index in [2.05, 4.69) is 10.6 Å². The topological polar surface area (TPSA) is 157 Å². The molecule has 12 heteroatoms. The fourth-order valence-corrected chi connectivity index (χ4v) is 5.45. The van der Waals surface area contributed by atoms with Gasteiger partial charge in [-0.2, -0.15) is 0 Å². The first kappa shape index (κ1) is 34.5.